The van der Waals surface area contributed by atoms with Gasteiger partial charge >= 0.3 is 0 Å². The topological polar surface area (TPSA) is 108 Å². The van der Waals surface area contributed by atoms with Crippen LogP contribution in [-0.2, 0) is 0 Å². The van der Waals surface area contributed by atoms with Crippen molar-refractivity contribution in [1.82, 2.24) is 20.1 Å². The van der Waals surface area contributed by atoms with E-state index in [1.165, 1.54) is 24.3 Å². The van der Waals surface area contributed by atoms with Gasteiger partial charge in [0.1, 0.15) is 0 Å². The van der Waals surface area contributed by atoms with Crippen molar-refractivity contribution in [2.45, 2.75) is 0 Å². The molecule has 1 aromatic heterocycles. The standard InChI is InChI=1S/C20H15N5O3/c1-2-10-25-18(27)14-9-8-13(11-15(14)19(25)28)17(26)22-20-21-16(23-24-20)12-6-4-3-5-7-12/h2-9,11H,1,10H2,(H2,21,22,23,24,26). The van der Waals surface area contributed by atoms with Gasteiger partial charge in [0.25, 0.3) is 17.7 Å². The summed E-state index contributed by atoms with van der Waals surface area (Å²) in [6.45, 7) is 3.66. The summed E-state index contributed by atoms with van der Waals surface area (Å²) in [4.78, 5) is 42.5. The minimum absolute atomic E-state index is 0.111. The van der Waals surface area contributed by atoms with Crippen LogP contribution in [0.5, 0.6) is 0 Å². The quantitative estimate of drug-likeness (QED) is 0.528. The van der Waals surface area contributed by atoms with Crippen molar-refractivity contribution in [1.29, 1.82) is 0 Å². The molecule has 0 saturated heterocycles. The van der Waals surface area contributed by atoms with Crippen molar-refractivity contribution in [3.05, 3.63) is 77.9 Å². The molecule has 2 heterocycles. The highest BCUT2D eigenvalue weighted by atomic mass is 16.2. The number of aromatic amines is 1. The second kappa shape index (κ2) is 6.92. The van der Waals surface area contributed by atoms with Gasteiger partial charge in [-0.15, -0.1) is 11.7 Å². The maximum atomic E-state index is 12.5. The summed E-state index contributed by atoms with van der Waals surface area (Å²) in [6.07, 6.45) is 1.48. The molecule has 2 aromatic carbocycles. The Morgan fingerprint density at radius 3 is 2.61 bits per heavy atom. The summed E-state index contributed by atoms with van der Waals surface area (Å²) >= 11 is 0. The number of fused-ring (bicyclic) bond motifs is 1. The van der Waals surface area contributed by atoms with Crippen molar-refractivity contribution in [3.8, 4) is 11.4 Å². The average Bonchev–Trinajstić information content (AvgIpc) is 3.27. The van der Waals surface area contributed by atoms with E-state index in [0.29, 0.717) is 5.82 Å². The molecule has 0 bridgehead atoms. The molecule has 8 nitrogen and oxygen atoms in total. The minimum Gasteiger partial charge on any atom is -0.289 e. The molecule has 0 aliphatic carbocycles. The lowest BCUT2D eigenvalue weighted by molar-refractivity contribution is 0.0672. The summed E-state index contributed by atoms with van der Waals surface area (Å²) < 4.78 is 0. The normalized spacial score (nSPS) is 12.8. The second-order valence-electron chi connectivity index (χ2n) is 6.10. The van der Waals surface area contributed by atoms with Crippen molar-refractivity contribution < 1.29 is 14.4 Å². The third-order valence-electron chi connectivity index (χ3n) is 4.30. The van der Waals surface area contributed by atoms with Crippen LogP contribution in [0.15, 0.2) is 61.2 Å². The second-order valence-corrected chi connectivity index (χ2v) is 6.10. The van der Waals surface area contributed by atoms with Crippen LogP contribution in [0.25, 0.3) is 11.4 Å². The van der Waals surface area contributed by atoms with E-state index in [9.17, 15) is 14.4 Å². The first-order chi connectivity index (χ1) is 13.6. The Morgan fingerprint density at radius 1 is 1.11 bits per heavy atom. The third-order valence-corrected chi connectivity index (χ3v) is 4.30. The van der Waals surface area contributed by atoms with Crippen molar-refractivity contribution in [2.24, 2.45) is 0 Å². The number of benzene rings is 2. The van der Waals surface area contributed by atoms with Crippen molar-refractivity contribution >= 4 is 23.7 Å². The predicted octanol–water partition coefficient (Wildman–Crippen LogP) is 2.51. The summed E-state index contributed by atoms with van der Waals surface area (Å²) in [5.41, 5.74) is 1.53. The van der Waals surface area contributed by atoms with Crippen LogP contribution in [-0.4, -0.2) is 44.3 Å². The van der Waals surface area contributed by atoms with Gasteiger partial charge in [0.05, 0.1) is 11.1 Å². The number of anilines is 1. The lowest BCUT2D eigenvalue weighted by Gasteiger charge is -2.09. The molecule has 0 saturated carbocycles. The maximum absolute atomic E-state index is 12.5. The average molecular weight is 373 g/mol. The Bertz CT molecular complexity index is 1100. The maximum Gasteiger partial charge on any atom is 0.261 e. The first kappa shape index (κ1) is 17.3. The molecule has 0 atom stereocenters. The van der Waals surface area contributed by atoms with Crippen LogP contribution in [0.3, 0.4) is 0 Å². The van der Waals surface area contributed by atoms with E-state index in [2.05, 4.69) is 27.1 Å². The number of hydrogen-bond acceptors (Lipinski definition) is 5. The van der Waals surface area contributed by atoms with Gasteiger partial charge in [0, 0.05) is 17.7 Å². The number of carbonyl (C=O) groups is 3. The predicted molar refractivity (Wildman–Crippen MR) is 102 cm³/mol. The van der Waals surface area contributed by atoms with E-state index in [1.54, 1.807) is 0 Å². The molecule has 138 valence electrons. The number of rotatable bonds is 5. The highest BCUT2D eigenvalue weighted by Crippen LogP contribution is 2.24. The fourth-order valence-corrected chi connectivity index (χ4v) is 2.94. The zero-order valence-electron chi connectivity index (χ0n) is 14.7. The van der Waals surface area contributed by atoms with E-state index < -0.39 is 17.7 Å². The minimum atomic E-state index is -0.483. The molecule has 2 N–H and O–H groups in total. The summed E-state index contributed by atoms with van der Waals surface area (Å²) in [5.74, 6) is -0.693. The number of hydrogen-bond donors (Lipinski definition) is 2. The molecule has 1 aliphatic rings. The lowest BCUT2D eigenvalue weighted by atomic mass is 10.1. The molecular weight excluding hydrogens is 358 g/mol. The molecule has 3 amide bonds. The first-order valence-electron chi connectivity index (χ1n) is 8.49. The molecule has 3 aromatic rings. The molecule has 8 heteroatoms. The number of imide groups is 1. The van der Waals surface area contributed by atoms with Gasteiger partial charge in [0.15, 0.2) is 5.82 Å². The highest BCUT2D eigenvalue weighted by Gasteiger charge is 2.35. The molecule has 0 radical (unpaired) electrons. The fourth-order valence-electron chi connectivity index (χ4n) is 2.94. The number of amides is 3. The molecule has 0 spiro atoms. The SMILES string of the molecule is C=CCN1C(=O)c2ccc(C(=O)Nc3n[nH]c(-c4ccccc4)n3)cc2C1=O. The van der Waals surface area contributed by atoms with Crippen molar-refractivity contribution in [3.63, 3.8) is 0 Å². The smallest absolute Gasteiger partial charge is 0.261 e. The number of H-pyrrole nitrogens is 1. The Kier molecular flexibility index (Phi) is 4.29. The zero-order valence-corrected chi connectivity index (χ0v) is 14.7. The van der Waals surface area contributed by atoms with Crippen LogP contribution in [0.2, 0.25) is 0 Å². The van der Waals surface area contributed by atoms with Gasteiger partial charge < -0.3 is 0 Å². The summed E-state index contributed by atoms with van der Waals surface area (Å²) in [6, 6.07) is 13.7. The van der Waals surface area contributed by atoms with Crippen LogP contribution in [0, 0.1) is 0 Å². The molecule has 4 rings (SSSR count). The molecule has 0 unspecified atom stereocenters. The van der Waals surface area contributed by atoms with E-state index in [1.807, 2.05) is 30.3 Å². The van der Waals surface area contributed by atoms with Gasteiger partial charge in [-0.2, -0.15) is 4.98 Å². The van der Waals surface area contributed by atoms with Crippen LogP contribution in [0.1, 0.15) is 31.1 Å². The van der Waals surface area contributed by atoms with Crippen LogP contribution >= 0.6 is 0 Å². The van der Waals surface area contributed by atoms with Crippen LogP contribution in [0.4, 0.5) is 5.95 Å². The molecule has 28 heavy (non-hydrogen) atoms. The summed E-state index contributed by atoms with van der Waals surface area (Å²) in [7, 11) is 0. The van der Waals surface area contributed by atoms with Crippen molar-refractivity contribution in [2.75, 3.05) is 11.9 Å². The summed E-state index contributed by atoms with van der Waals surface area (Å²) in [5, 5.41) is 9.33. The van der Waals surface area contributed by atoms with E-state index >= 15 is 0 Å². The third kappa shape index (κ3) is 2.96. The highest BCUT2D eigenvalue weighted by molar-refractivity contribution is 6.22. The first-order valence-corrected chi connectivity index (χ1v) is 8.49. The van der Waals surface area contributed by atoms with E-state index in [4.69, 9.17) is 0 Å². The molecular formula is C20H15N5O3. The van der Waals surface area contributed by atoms with Gasteiger partial charge in [-0.1, -0.05) is 36.4 Å². The number of nitrogens with zero attached hydrogens (tertiary/aromatic N) is 3. The van der Waals surface area contributed by atoms with Gasteiger partial charge in [-0.3, -0.25) is 29.7 Å². The lowest BCUT2D eigenvalue weighted by Crippen LogP contribution is -2.29. The number of carbonyl (C=O) groups excluding carboxylic acids is 3. The number of aromatic nitrogens is 3. The van der Waals surface area contributed by atoms with Crippen LogP contribution < -0.4 is 5.32 Å². The molecule has 0 fully saturated rings. The Labute approximate surface area is 159 Å². The Balaban J connectivity index is 1.54. The zero-order chi connectivity index (χ0) is 19.7. The Hall–Kier alpha value is -4.07. The molecule has 1 aliphatic heterocycles. The van der Waals surface area contributed by atoms with E-state index in [-0.39, 0.29) is 29.2 Å². The van der Waals surface area contributed by atoms with Gasteiger partial charge in [-0.05, 0) is 18.2 Å². The Morgan fingerprint density at radius 2 is 1.86 bits per heavy atom. The van der Waals surface area contributed by atoms with Gasteiger partial charge in [0.2, 0.25) is 5.95 Å². The van der Waals surface area contributed by atoms with Gasteiger partial charge in [-0.25, -0.2) is 0 Å². The fraction of sp³-hybridized carbons (Fsp3) is 0.0500. The monoisotopic (exact) mass is 373 g/mol. The largest absolute Gasteiger partial charge is 0.289 e. The number of nitrogens with one attached hydrogen (secondary N) is 2. The van der Waals surface area contributed by atoms with E-state index in [0.717, 1.165) is 10.5 Å².